The summed E-state index contributed by atoms with van der Waals surface area (Å²) in [6.07, 6.45) is 0.759. The summed E-state index contributed by atoms with van der Waals surface area (Å²) in [5.41, 5.74) is 1.62. The Morgan fingerprint density at radius 2 is 1.89 bits per heavy atom. The van der Waals surface area contributed by atoms with Crippen molar-refractivity contribution >= 4 is 33.3 Å². The van der Waals surface area contributed by atoms with Crippen molar-refractivity contribution < 1.29 is 4.79 Å². The molecule has 0 radical (unpaired) electrons. The number of carbonyl (C=O) groups excluding carboxylic acids is 1. The molecular weight excluding hydrogens is 324 g/mol. The van der Waals surface area contributed by atoms with Crippen molar-refractivity contribution in [2.45, 2.75) is 19.3 Å². The Kier molecular flexibility index (Phi) is 4.78. The number of ketones is 1. The van der Waals surface area contributed by atoms with Gasteiger partial charge in [-0.3, -0.25) is 4.79 Å². The quantitative estimate of drug-likeness (QED) is 0.675. The van der Waals surface area contributed by atoms with Gasteiger partial charge in [-0.25, -0.2) is 0 Å². The van der Waals surface area contributed by atoms with Crippen LogP contribution in [0.3, 0.4) is 0 Å². The van der Waals surface area contributed by atoms with Crippen molar-refractivity contribution in [3.05, 3.63) is 69.2 Å². The van der Waals surface area contributed by atoms with Crippen LogP contribution >= 0.6 is 27.5 Å². The lowest BCUT2D eigenvalue weighted by atomic mass is 9.89. The van der Waals surface area contributed by atoms with Gasteiger partial charge in [-0.05, 0) is 30.2 Å². The first-order chi connectivity index (χ1) is 9.13. The first-order valence-electron chi connectivity index (χ1n) is 6.17. The Hall–Kier alpha value is -1.12. The molecule has 0 aliphatic carbocycles. The van der Waals surface area contributed by atoms with Crippen LogP contribution in [0.4, 0.5) is 0 Å². The Bertz CT molecular complexity index is 581. The zero-order chi connectivity index (χ0) is 13.8. The smallest absolute Gasteiger partial charge is 0.171 e. The fraction of sp³-hybridized carbons (Fsp3) is 0.188. The molecule has 3 heteroatoms. The summed E-state index contributed by atoms with van der Waals surface area (Å²) in [5.74, 6) is -0.0638. The Morgan fingerprint density at radius 3 is 2.47 bits per heavy atom. The van der Waals surface area contributed by atoms with Crippen molar-refractivity contribution in [1.29, 1.82) is 0 Å². The van der Waals surface area contributed by atoms with E-state index in [1.54, 1.807) is 12.1 Å². The van der Waals surface area contributed by atoms with E-state index in [1.165, 1.54) is 0 Å². The Balaban J connectivity index is 2.36. The predicted molar refractivity (Wildman–Crippen MR) is 83.0 cm³/mol. The van der Waals surface area contributed by atoms with Gasteiger partial charge in [0.2, 0.25) is 0 Å². The second-order valence-corrected chi connectivity index (χ2v) is 5.68. The van der Waals surface area contributed by atoms with E-state index in [-0.39, 0.29) is 11.7 Å². The molecule has 1 unspecified atom stereocenters. The molecule has 2 rings (SSSR count). The second kappa shape index (κ2) is 6.36. The molecule has 0 spiro atoms. The summed E-state index contributed by atoms with van der Waals surface area (Å²) in [7, 11) is 0. The largest absolute Gasteiger partial charge is 0.293 e. The van der Waals surface area contributed by atoms with Crippen molar-refractivity contribution in [2.24, 2.45) is 0 Å². The second-order valence-electron chi connectivity index (χ2n) is 4.36. The van der Waals surface area contributed by atoms with Gasteiger partial charge in [-0.1, -0.05) is 64.8 Å². The van der Waals surface area contributed by atoms with E-state index in [0.29, 0.717) is 10.6 Å². The van der Waals surface area contributed by atoms with Crippen LogP contribution < -0.4 is 0 Å². The summed E-state index contributed by atoms with van der Waals surface area (Å²) in [6.45, 7) is 2.02. The lowest BCUT2D eigenvalue weighted by molar-refractivity contribution is 0.0957. The van der Waals surface area contributed by atoms with E-state index in [0.717, 1.165) is 16.5 Å². The Morgan fingerprint density at radius 1 is 1.21 bits per heavy atom. The summed E-state index contributed by atoms with van der Waals surface area (Å²) >= 11 is 9.51. The topological polar surface area (TPSA) is 17.1 Å². The minimum Gasteiger partial charge on any atom is -0.293 e. The Labute approximate surface area is 126 Å². The number of hydrogen-bond acceptors (Lipinski definition) is 1. The van der Waals surface area contributed by atoms with E-state index in [2.05, 4.69) is 15.9 Å². The number of benzene rings is 2. The zero-order valence-corrected chi connectivity index (χ0v) is 12.9. The molecule has 1 atom stereocenters. The van der Waals surface area contributed by atoms with Gasteiger partial charge >= 0.3 is 0 Å². The highest BCUT2D eigenvalue weighted by Crippen LogP contribution is 2.29. The average Bonchev–Trinajstić information content (AvgIpc) is 2.40. The van der Waals surface area contributed by atoms with Crippen LogP contribution in [0.5, 0.6) is 0 Å². The third kappa shape index (κ3) is 3.26. The van der Waals surface area contributed by atoms with Crippen LogP contribution in [-0.2, 0) is 0 Å². The molecule has 0 bridgehead atoms. The van der Waals surface area contributed by atoms with Crippen LogP contribution in [-0.4, -0.2) is 5.78 Å². The lowest BCUT2D eigenvalue weighted by Crippen LogP contribution is -2.12. The zero-order valence-electron chi connectivity index (χ0n) is 10.6. The number of halogens is 2. The maximum Gasteiger partial charge on any atom is 0.171 e. The maximum atomic E-state index is 12.6. The first-order valence-corrected chi connectivity index (χ1v) is 7.34. The van der Waals surface area contributed by atoms with Gasteiger partial charge in [0.05, 0.1) is 5.02 Å². The van der Waals surface area contributed by atoms with Crippen molar-refractivity contribution in [3.63, 3.8) is 0 Å². The molecule has 0 aliphatic rings. The molecule has 19 heavy (non-hydrogen) atoms. The first kappa shape index (κ1) is 14.3. The summed E-state index contributed by atoms with van der Waals surface area (Å²) in [4.78, 5) is 12.6. The van der Waals surface area contributed by atoms with Crippen LogP contribution in [0.15, 0.2) is 53.0 Å². The number of hydrogen-bond donors (Lipinski definition) is 0. The van der Waals surface area contributed by atoms with Crippen molar-refractivity contribution in [2.75, 3.05) is 0 Å². The molecule has 98 valence electrons. The SMILES string of the molecule is CCC(C(=O)c1ccc(Br)cc1Cl)c1ccccc1. The minimum absolute atomic E-state index is 0.0752. The average molecular weight is 338 g/mol. The molecule has 0 fully saturated rings. The standard InChI is InChI=1S/C16H14BrClO/c1-2-13(11-6-4-3-5-7-11)16(19)14-9-8-12(17)10-15(14)18/h3-10,13H,2H2,1H3. The van der Waals surface area contributed by atoms with Gasteiger partial charge in [0.1, 0.15) is 0 Å². The van der Waals surface area contributed by atoms with Gasteiger partial charge in [0, 0.05) is 16.0 Å². The van der Waals surface area contributed by atoms with Crippen LogP contribution in [0.2, 0.25) is 5.02 Å². The number of Topliss-reactive ketones (excluding diaryl/α,β-unsaturated/α-hetero) is 1. The normalized spacial score (nSPS) is 12.2. The number of carbonyl (C=O) groups is 1. The molecule has 0 saturated heterocycles. The van der Waals surface area contributed by atoms with Gasteiger partial charge in [0.25, 0.3) is 0 Å². The molecule has 2 aromatic rings. The number of rotatable bonds is 4. The highest BCUT2D eigenvalue weighted by atomic mass is 79.9. The molecule has 0 amide bonds. The molecule has 2 aromatic carbocycles. The molecular formula is C16H14BrClO. The van der Waals surface area contributed by atoms with Crippen LogP contribution in [0, 0.1) is 0 Å². The van der Waals surface area contributed by atoms with Crippen molar-refractivity contribution in [3.8, 4) is 0 Å². The lowest BCUT2D eigenvalue weighted by Gasteiger charge is -2.15. The molecule has 0 heterocycles. The third-order valence-corrected chi connectivity index (χ3v) is 3.93. The minimum atomic E-state index is -0.139. The highest BCUT2D eigenvalue weighted by Gasteiger charge is 2.22. The fourth-order valence-electron chi connectivity index (χ4n) is 2.13. The third-order valence-electron chi connectivity index (χ3n) is 3.12. The van der Waals surface area contributed by atoms with Gasteiger partial charge in [-0.15, -0.1) is 0 Å². The van der Waals surface area contributed by atoms with Crippen LogP contribution in [0.25, 0.3) is 0 Å². The van der Waals surface area contributed by atoms with E-state index in [4.69, 9.17) is 11.6 Å². The van der Waals surface area contributed by atoms with E-state index in [1.807, 2.05) is 43.3 Å². The van der Waals surface area contributed by atoms with Gasteiger partial charge in [0.15, 0.2) is 5.78 Å². The van der Waals surface area contributed by atoms with E-state index < -0.39 is 0 Å². The molecule has 0 aromatic heterocycles. The molecule has 0 N–H and O–H groups in total. The molecule has 1 nitrogen and oxygen atoms in total. The highest BCUT2D eigenvalue weighted by molar-refractivity contribution is 9.10. The van der Waals surface area contributed by atoms with Crippen molar-refractivity contribution in [1.82, 2.24) is 0 Å². The molecule has 0 saturated carbocycles. The fourth-order valence-corrected chi connectivity index (χ4v) is 2.90. The molecule has 0 aliphatic heterocycles. The predicted octanol–water partition coefficient (Wildman–Crippen LogP) is 5.48. The van der Waals surface area contributed by atoms with Crippen LogP contribution in [0.1, 0.15) is 35.2 Å². The van der Waals surface area contributed by atoms with E-state index >= 15 is 0 Å². The monoisotopic (exact) mass is 336 g/mol. The summed E-state index contributed by atoms with van der Waals surface area (Å²) < 4.78 is 0.877. The maximum absolute atomic E-state index is 12.6. The van der Waals surface area contributed by atoms with Gasteiger partial charge in [-0.2, -0.15) is 0 Å². The van der Waals surface area contributed by atoms with E-state index in [9.17, 15) is 4.79 Å². The summed E-state index contributed by atoms with van der Waals surface area (Å²) in [5, 5.41) is 0.494. The van der Waals surface area contributed by atoms with Gasteiger partial charge < -0.3 is 0 Å². The summed E-state index contributed by atoms with van der Waals surface area (Å²) in [6, 6.07) is 15.2.